The van der Waals surface area contributed by atoms with Crippen LogP contribution in [0.4, 0.5) is 0 Å². The van der Waals surface area contributed by atoms with Crippen LogP contribution < -0.4 is 4.72 Å². The van der Waals surface area contributed by atoms with Crippen LogP contribution in [-0.4, -0.2) is 39.3 Å². The number of alkyl halides is 1. The first kappa shape index (κ1) is 13.2. The molecule has 90 valence electrons. The molecule has 0 saturated carbocycles. The van der Waals surface area contributed by atoms with Gasteiger partial charge in [0.25, 0.3) is 0 Å². The van der Waals surface area contributed by atoms with E-state index in [4.69, 9.17) is 16.3 Å². The summed E-state index contributed by atoms with van der Waals surface area (Å²) >= 11 is 5.37. The third-order valence-corrected chi connectivity index (χ3v) is 4.21. The van der Waals surface area contributed by atoms with Gasteiger partial charge in [-0.1, -0.05) is 0 Å². The smallest absolute Gasteiger partial charge is 0.212 e. The SMILES string of the molecule is O=S(=O)(CCCl)NCCC1CCCCO1. The Balaban J connectivity index is 2.14. The minimum absolute atomic E-state index is 0.0138. The van der Waals surface area contributed by atoms with E-state index in [2.05, 4.69) is 4.72 Å². The first-order valence-corrected chi connectivity index (χ1v) is 7.47. The zero-order chi connectivity index (χ0) is 11.1. The van der Waals surface area contributed by atoms with Crippen molar-refractivity contribution >= 4 is 21.6 Å². The number of halogens is 1. The number of nitrogens with one attached hydrogen (secondary N) is 1. The summed E-state index contributed by atoms with van der Waals surface area (Å²) in [6.45, 7) is 1.25. The fourth-order valence-corrected chi connectivity index (χ4v) is 2.97. The Morgan fingerprint density at radius 1 is 1.40 bits per heavy atom. The standard InChI is InChI=1S/C9H18ClNO3S/c10-5-8-15(12,13)11-6-4-9-3-1-2-7-14-9/h9,11H,1-8H2. The van der Waals surface area contributed by atoms with E-state index in [0.717, 1.165) is 25.9 Å². The van der Waals surface area contributed by atoms with Gasteiger partial charge in [-0.2, -0.15) is 0 Å². The van der Waals surface area contributed by atoms with Crippen molar-refractivity contribution in [3.05, 3.63) is 0 Å². The van der Waals surface area contributed by atoms with Gasteiger partial charge in [-0.05, 0) is 25.7 Å². The quantitative estimate of drug-likeness (QED) is 0.724. The molecular formula is C9H18ClNO3S. The first-order chi connectivity index (χ1) is 7.14. The molecule has 6 heteroatoms. The van der Waals surface area contributed by atoms with Gasteiger partial charge in [0, 0.05) is 19.0 Å². The summed E-state index contributed by atoms with van der Waals surface area (Å²) in [5, 5.41) is 0. The van der Waals surface area contributed by atoms with Crippen molar-refractivity contribution in [1.29, 1.82) is 0 Å². The van der Waals surface area contributed by atoms with E-state index in [-0.39, 0.29) is 17.7 Å². The van der Waals surface area contributed by atoms with E-state index >= 15 is 0 Å². The Morgan fingerprint density at radius 3 is 2.80 bits per heavy atom. The molecule has 0 radical (unpaired) electrons. The van der Waals surface area contributed by atoms with Gasteiger partial charge in [0.1, 0.15) is 0 Å². The fourth-order valence-electron chi connectivity index (χ4n) is 1.58. The van der Waals surface area contributed by atoms with Gasteiger partial charge in [0.05, 0.1) is 11.9 Å². The molecule has 0 spiro atoms. The van der Waals surface area contributed by atoms with E-state index in [1.165, 1.54) is 6.42 Å². The van der Waals surface area contributed by atoms with Crippen LogP contribution in [-0.2, 0) is 14.8 Å². The van der Waals surface area contributed by atoms with Crippen LogP contribution >= 0.6 is 11.6 Å². The Labute approximate surface area is 96.4 Å². The molecule has 1 saturated heterocycles. The number of hydrogen-bond donors (Lipinski definition) is 1. The van der Waals surface area contributed by atoms with Crippen molar-refractivity contribution in [3.8, 4) is 0 Å². The third kappa shape index (κ3) is 5.70. The lowest BCUT2D eigenvalue weighted by Crippen LogP contribution is -2.31. The molecule has 0 aromatic heterocycles. The van der Waals surface area contributed by atoms with E-state index in [1.54, 1.807) is 0 Å². The minimum Gasteiger partial charge on any atom is -0.378 e. The number of hydrogen-bond acceptors (Lipinski definition) is 3. The van der Waals surface area contributed by atoms with Gasteiger partial charge in [-0.15, -0.1) is 11.6 Å². The molecule has 1 rings (SSSR count). The van der Waals surface area contributed by atoms with Gasteiger partial charge >= 0.3 is 0 Å². The summed E-state index contributed by atoms with van der Waals surface area (Å²) in [5.74, 6) is 0.120. The van der Waals surface area contributed by atoms with Gasteiger partial charge in [-0.25, -0.2) is 13.1 Å². The second-order valence-corrected chi connectivity index (χ2v) is 5.98. The highest BCUT2D eigenvalue weighted by Gasteiger charge is 2.15. The van der Waals surface area contributed by atoms with Crippen LogP contribution in [0.25, 0.3) is 0 Å². The summed E-state index contributed by atoms with van der Waals surface area (Å²) in [4.78, 5) is 0. The van der Waals surface area contributed by atoms with Crippen LogP contribution in [0.5, 0.6) is 0 Å². The molecule has 0 amide bonds. The second kappa shape index (κ2) is 6.68. The highest BCUT2D eigenvalue weighted by atomic mass is 35.5. The zero-order valence-electron chi connectivity index (χ0n) is 8.75. The summed E-state index contributed by atoms with van der Waals surface area (Å²) in [7, 11) is -3.17. The van der Waals surface area contributed by atoms with E-state index in [0.29, 0.717) is 6.54 Å². The van der Waals surface area contributed by atoms with E-state index in [1.807, 2.05) is 0 Å². The number of rotatable bonds is 6. The van der Waals surface area contributed by atoms with Gasteiger partial charge in [-0.3, -0.25) is 0 Å². The second-order valence-electron chi connectivity index (χ2n) is 3.68. The minimum atomic E-state index is -3.17. The monoisotopic (exact) mass is 255 g/mol. The number of ether oxygens (including phenoxy) is 1. The van der Waals surface area contributed by atoms with Crippen LogP contribution in [0.3, 0.4) is 0 Å². The average Bonchev–Trinajstić information content (AvgIpc) is 2.19. The normalized spacial score (nSPS) is 22.9. The van der Waals surface area contributed by atoms with Crippen LogP contribution in [0.2, 0.25) is 0 Å². The molecular weight excluding hydrogens is 238 g/mol. The summed E-state index contributed by atoms with van der Waals surface area (Å²) in [6, 6.07) is 0. The molecule has 4 nitrogen and oxygen atoms in total. The molecule has 0 aromatic carbocycles. The predicted octanol–water partition coefficient (Wildman–Crippen LogP) is 1.10. The molecule has 0 bridgehead atoms. The first-order valence-electron chi connectivity index (χ1n) is 5.29. The molecule has 15 heavy (non-hydrogen) atoms. The average molecular weight is 256 g/mol. The fraction of sp³-hybridized carbons (Fsp3) is 1.00. The lowest BCUT2D eigenvalue weighted by Gasteiger charge is -2.22. The Hall–Kier alpha value is 0.160. The van der Waals surface area contributed by atoms with Crippen LogP contribution in [0.15, 0.2) is 0 Å². The molecule has 1 fully saturated rings. The molecule has 1 aliphatic heterocycles. The van der Waals surface area contributed by atoms with Gasteiger partial charge < -0.3 is 4.74 Å². The van der Waals surface area contributed by atoms with Crippen molar-refractivity contribution < 1.29 is 13.2 Å². The zero-order valence-corrected chi connectivity index (χ0v) is 10.3. The topological polar surface area (TPSA) is 55.4 Å². The molecule has 1 heterocycles. The lowest BCUT2D eigenvalue weighted by molar-refractivity contribution is 0.0123. The Bertz CT molecular complexity index is 263. The third-order valence-electron chi connectivity index (χ3n) is 2.41. The summed E-state index contributed by atoms with van der Waals surface area (Å²) in [5.41, 5.74) is 0. The Kier molecular flexibility index (Phi) is 5.89. The lowest BCUT2D eigenvalue weighted by atomic mass is 10.1. The van der Waals surface area contributed by atoms with Crippen molar-refractivity contribution in [1.82, 2.24) is 4.72 Å². The number of sulfonamides is 1. The highest BCUT2D eigenvalue weighted by Crippen LogP contribution is 2.14. The van der Waals surface area contributed by atoms with Crippen LogP contribution in [0.1, 0.15) is 25.7 Å². The molecule has 0 aromatic rings. The maximum Gasteiger partial charge on any atom is 0.212 e. The van der Waals surface area contributed by atoms with Gasteiger partial charge in [0.2, 0.25) is 10.0 Å². The van der Waals surface area contributed by atoms with Crippen LogP contribution in [0, 0.1) is 0 Å². The van der Waals surface area contributed by atoms with Crippen molar-refractivity contribution in [2.75, 3.05) is 24.8 Å². The maximum absolute atomic E-state index is 11.2. The molecule has 1 atom stereocenters. The maximum atomic E-state index is 11.2. The van der Waals surface area contributed by atoms with Gasteiger partial charge in [0.15, 0.2) is 0 Å². The van der Waals surface area contributed by atoms with Crippen molar-refractivity contribution in [2.45, 2.75) is 31.8 Å². The molecule has 1 unspecified atom stereocenters. The summed E-state index contributed by atoms with van der Waals surface area (Å²) in [6.07, 6.45) is 4.31. The van der Waals surface area contributed by atoms with Crippen molar-refractivity contribution in [2.24, 2.45) is 0 Å². The Morgan fingerprint density at radius 2 is 2.20 bits per heavy atom. The summed E-state index contributed by atoms with van der Waals surface area (Å²) < 4.78 is 30.5. The molecule has 1 N–H and O–H groups in total. The van der Waals surface area contributed by atoms with Crippen molar-refractivity contribution in [3.63, 3.8) is 0 Å². The molecule has 0 aliphatic carbocycles. The predicted molar refractivity (Wildman–Crippen MR) is 60.7 cm³/mol. The van der Waals surface area contributed by atoms with E-state index < -0.39 is 10.0 Å². The highest BCUT2D eigenvalue weighted by molar-refractivity contribution is 7.89. The largest absolute Gasteiger partial charge is 0.378 e. The van der Waals surface area contributed by atoms with E-state index in [9.17, 15) is 8.42 Å². The molecule has 1 aliphatic rings.